The van der Waals surface area contributed by atoms with E-state index in [1.807, 2.05) is 66.3 Å². The summed E-state index contributed by atoms with van der Waals surface area (Å²) in [6, 6.07) is 16.0. The number of carbonyl (C=O) groups excluding carboxylic acids is 1. The van der Waals surface area contributed by atoms with Gasteiger partial charge in [-0.05, 0) is 43.2 Å². The maximum absolute atomic E-state index is 13.0. The van der Waals surface area contributed by atoms with E-state index >= 15 is 0 Å². The highest BCUT2D eigenvalue weighted by atomic mass is 16.2. The van der Waals surface area contributed by atoms with Crippen molar-refractivity contribution in [3.05, 3.63) is 60.4 Å². The molecular formula is C21H24N4O. The molecule has 26 heavy (non-hydrogen) atoms. The zero-order chi connectivity index (χ0) is 17.9. The Morgan fingerprint density at radius 2 is 1.85 bits per heavy atom. The van der Waals surface area contributed by atoms with E-state index in [0.29, 0.717) is 5.69 Å². The van der Waals surface area contributed by atoms with Crippen LogP contribution in [0.25, 0.3) is 17.1 Å². The zero-order valence-corrected chi connectivity index (χ0v) is 15.1. The second kappa shape index (κ2) is 7.20. The third-order valence-corrected chi connectivity index (χ3v) is 5.09. The Bertz CT molecular complexity index is 888. The molecule has 1 aromatic carbocycles. The Morgan fingerprint density at radius 1 is 1.08 bits per heavy atom. The highest BCUT2D eigenvalue weighted by Gasteiger charge is 2.22. The van der Waals surface area contributed by atoms with Gasteiger partial charge in [-0.1, -0.05) is 37.5 Å². The van der Waals surface area contributed by atoms with Gasteiger partial charge in [0.15, 0.2) is 0 Å². The summed E-state index contributed by atoms with van der Waals surface area (Å²) in [6.45, 7) is 0. The van der Waals surface area contributed by atoms with Gasteiger partial charge in [0.25, 0.3) is 5.91 Å². The van der Waals surface area contributed by atoms with Gasteiger partial charge >= 0.3 is 0 Å². The molecule has 1 aliphatic carbocycles. The van der Waals surface area contributed by atoms with Gasteiger partial charge in [0.2, 0.25) is 0 Å². The average molecular weight is 348 g/mol. The molecule has 2 aromatic heterocycles. The first-order valence-corrected chi connectivity index (χ1v) is 9.30. The fourth-order valence-corrected chi connectivity index (χ4v) is 3.67. The number of benzene rings is 1. The molecule has 1 N–H and O–H groups in total. The van der Waals surface area contributed by atoms with Crippen LogP contribution < -0.4 is 5.32 Å². The van der Waals surface area contributed by atoms with Crippen molar-refractivity contribution >= 4 is 5.91 Å². The molecule has 2 heterocycles. The lowest BCUT2D eigenvalue weighted by Gasteiger charge is -2.22. The van der Waals surface area contributed by atoms with Gasteiger partial charge in [-0.2, -0.15) is 5.10 Å². The molecule has 1 fully saturated rings. The van der Waals surface area contributed by atoms with Gasteiger partial charge in [0.1, 0.15) is 11.4 Å². The molecule has 0 saturated heterocycles. The van der Waals surface area contributed by atoms with Gasteiger partial charge in [-0.25, -0.2) is 4.68 Å². The van der Waals surface area contributed by atoms with Crippen LogP contribution in [0.3, 0.4) is 0 Å². The predicted octanol–water partition coefficient (Wildman–Crippen LogP) is 3.94. The van der Waals surface area contributed by atoms with Crippen molar-refractivity contribution < 1.29 is 4.79 Å². The molecular weight excluding hydrogens is 324 g/mol. The first-order chi connectivity index (χ1) is 12.7. The molecule has 0 atom stereocenters. The summed E-state index contributed by atoms with van der Waals surface area (Å²) < 4.78 is 3.76. The number of hydrogen-bond acceptors (Lipinski definition) is 2. The van der Waals surface area contributed by atoms with Crippen molar-refractivity contribution in [1.29, 1.82) is 0 Å². The Kier molecular flexibility index (Phi) is 4.61. The monoisotopic (exact) mass is 348 g/mol. The normalized spacial score (nSPS) is 15.1. The molecule has 1 aliphatic rings. The molecule has 3 aromatic rings. The van der Waals surface area contributed by atoms with Gasteiger partial charge < -0.3 is 9.88 Å². The van der Waals surface area contributed by atoms with Crippen molar-refractivity contribution in [2.24, 2.45) is 7.05 Å². The van der Waals surface area contributed by atoms with E-state index in [-0.39, 0.29) is 11.9 Å². The molecule has 4 rings (SSSR count). The average Bonchev–Trinajstić information content (AvgIpc) is 3.29. The molecule has 1 amide bonds. The van der Waals surface area contributed by atoms with Crippen molar-refractivity contribution in [2.75, 3.05) is 0 Å². The summed E-state index contributed by atoms with van der Waals surface area (Å²) >= 11 is 0. The fourth-order valence-electron chi connectivity index (χ4n) is 3.67. The number of rotatable bonds is 4. The summed E-state index contributed by atoms with van der Waals surface area (Å²) in [7, 11) is 1.98. The van der Waals surface area contributed by atoms with Crippen LogP contribution in [0.5, 0.6) is 0 Å². The first kappa shape index (κ1) is 16.6. The van der Waals surface area contributed by atoms with Gasteiger partial charge in [-0.3, -0.25) is 4.79 Å². The highest BCUT2D eigenvalue weighted by molar-refractivity contribution is 5.94. The minimum atomic E-state index is -0.0475. The fraction of sp³-hybridized carbons (Fsp3) is 0.333. The second-order valence-corrected chi connectivity index (χ2v) is 6.97. The quantitative estimate of drug-likeness (QED) is 0.776. The Labute approximate surface area is 153 Å². The van der Waals surface area contributed by atoms with Gasteiger partial charge in [0.05, 0.1) is 11.4 Å². The summed E-state index contributed by atoms with van der Waals surface area (Å²) in [5, 5.41) is 7.94. The Morgan fingerprint density at radius 3 is 2.54 bits per heavy atom. The number of amides is 1. The van der Waals surface area contributed by atoms with Gasteiger partial charge in [-0.15, -0.1) is 0 Å². The largest absolute Gasteiger partial charge is 0.349 e. The van der Waals surface area contributed by atoms with Gasteiger partial charge in [0, 0.05) is 19.3 Å². The van der Waals surface area contributed by atoms with Crippen LogP contribution in [0.1, 0.15) is 42.6 Å². The minimum absolute atomic E-state index is 0.0475. The van der Waals surface area contributed by atoms with Crippen molar-refractivity contribution in [3.8, 4) is 17.1 Å². The Balaban J connectivity index is 1.70. The zero-order valence-electron chi connectivity index (χ0n) is 15.1. The standard InChI is InChI=1S/C21H24N4O/c1-24-14-8-13-19(24)18-15-20(21(26)22-16-9-4-2-5-10-16)25(23-18)17-11-6-3-7-12-17/h3,6-8,11-16H,2,4-5,9-10H2,1H3,(H,22,26). The number of nitrogens with zero attached hydrogens (tertiary/aromatic N) is 3. The molecule has 0 radical (unpaired) electrons. The maximum Gasteiger partial charge on any atom is 0.270 e. The van der Waals surface area contributed by atoms with Crippen molar-refractivity contribution in [2.45, 2.75) is 38.1 Å². The van der Waals surface area contributed by atoms with E-state index in [1.54, 1.807) is 4.68 Å². The molecule has 0 bridgehead atoms. The highest BCUT2D eigenvalue weighted by Crippen LogP contribution is 2.23. The topological polar surface area (TPSA) is 51.9 Å². The SMILES string of the molecule is Cn1cccc1-c1cc(C(=O)NC2CCCCC2)n(-c2ccccc2)n1. The third kappa shape index (κ3) is 3.29. The summed E-state index contributed by atoms with van der Waals surface area (Å²) in [5.74, 6) is -0.0475. The number of aryl methyl sites for hydroxylation is 1. The number of carbonyl (C=O) groups is 1. The Hall–Kier alpha value is -2.82. The predicted molar refractivity (Wildman–Crippen MR) is 102 cm³/mol. The lowest BCUT2D eigenvalue weighted by atomic mass is 9.95. The van der Waals surface area contributed by atoms with Crippen molar-refractivity contribution in [1.82, 2.24) is 19.7 Å². The first-order valence-electron chi connectivity index (χ1n) is 9.30. The number of nitrogens with one attached hydrogen (secondary N) is 1. The second-order valence-electron chi connectivity index (χ2n) is 6.97. The molecule has 0 spiro atoms. The van der Waals surface area contributed by atoms with Crippen LogP contribution in [-0.4, -0.2) is 26.3 Å². The van der Waals surface area contributed by atoms with E-state index in [1.165, 1.54) is 19.3 Å². The maximum atomic E-state index is 13.0. The third-order valence-electron chi connectivity index (χ3n) is 5.09. The summed E-state index contributed by atoms with van der Waals surface area (Å²) in [4.78, 5) is 13.0. The van der Waals surface area contributed by atoms with Crippen LogP contribution >= 0.6 is 0 Å². The van der Waals surface area contributed by atoms with E-state index in [4.69, 9.17) is 5.10 Å². The van der Waals surface area contributed by atoms with Crippen molar-refractivity contribution in [3.63, 3.8) is 0 Å². The van der Waals surface area contributed by atoms with Crippen LogP contribution in [0.15, 0.2) is 54.7 Å². The summed E-state index contributed by atoms with van der Waals surface area (Å²) in [6.07, 6.45) is 7.77. The number of hydrogen-bond donors (Lipinski definition) is 1. The lowest BCUT2D eigenvalue weighted by Crippen LogP contribution is -2.37. The molecule has 0 aliphatic heterocycles. The van der Waals surface area contributed by atoms with Crippen LogP contribution in [0, 0.1) is 0 Å². The summed E-state index contributed by atoms with van der Waals surface area (Å²) in [5.41, 5.74) is 3.27. The van der Waals surface area contributed by atoms with Crippen LogP contribution in [-0.2, 0) is 7.05 Å². The molecule has 134 valence electrons. The molecule has 5 nitrogen and oxygen atoms in total. The lowest BCUT2D eigenvalue weighted by molar-refractivity contribution is 0.0920. The molecule has 0 unspecified atom stereocenters. The van der Waals surface area contributed by atoms with E-state index in [9.17, 15) is 4.79 Å². The smallest absolute Gasteiger partial charge is 0.270 e. The molecule has 5 heteroatoms. The molecule has 1 saturated carbocycles. The number of para-hydroxylation sites is 1. The van der Waals surface area contributed by atoms with E-state index < -0.39 is 0 Å². The van der Waals surface area contributed by atoms with Crippen LogP contribution in [0.4, 0.5) is 0 Å². The van der Waals surface area contributed by atoms with Crippen LogP contribution in [0.2, 0.25) is 0 Å². The van der Waals surface area contributed by atoms with E-state index in [0.717, 1.165) is 29.9 Å². The minimum Gasteiger partial charge on any atom is -0.349 e. The number of aromatic nitrogens is 3. The van der Waals surface area contributed by atoms with E-state index in [2.05, 4.69) is 5.32 Å².